The molecule has 0 heterocycles. The van der Waals surface area contributed by atoms with Gasteiger partial charge in [-0.25, -0.2) is 0 Å². The Balaban J connectivity index is 3.30. The fourth-order valence-electron chi connectivity index (χ4n) is 4.62. The highest BCUT2D eigenvalue weighted by atomic mass is 28.4. The monoisotopic (exact) mass is 522 g/mol. The van der Waals surface area contributed by atoms with Gasteiger partial charge in [0.15, 0.2) is 0 Å². The Hall–Kier alpha value is 0.194. The molecule has 0 fully saturated rings. The van der Waals surface area contributed by atoms with E-state index in [1.807, 2.05) is 0 Å². The number of rotatable bonds is 27. The average molecular weight is 523 g/mol. The second-order valence-electron chi connectivity index (χ2n) is 9.45. The summed E-state index contributed by atoms with van der Waals surface area (Å²) in [4.78, 5) is 0. The van der Waals surface area contributed by atoms with Gasteiger partial charge in [0.2, 0.25) is 0 Å². The molecular weight excluding hydrogens is 464 g/mol. The molecule has 8 heteroatoms. The van der Waals surface area contributed by atoms with Crippen LogP contribution >= 0.6 is 0 Å². The van der Waals surface area contributed by atoms with Crippen LogP contribution in [0, 0.1) is 0 Å². The molecule has 0 bridgehead atoms. The molecule has 0 aromatic rings. The summed E-state index contributed by atoms with van der Waals surface area (Å²) in [5, 5.41) is 0. The van der Waals surface area contributed by atoms with Crippen molar-refractivity contribution in [1.29, 1.82) is 0 Å². The summed E-state index contributed by atoms with van der Waals surface area (Å²) >= 11 is 0. The van der Waals surface area contributed by atoms with E-state index in [4.69, 9.17) is 26.6 Å². The van der Waals surface area contributed by atoms with E-state index in [0.717, 1.165) is 24.9 Å². The minimum Gasteiger partial charge on any atom is -0.377 e. The molecule has 0 aliphatic carbocycles. The third-order valence-corrected chi connectivity index (χ3v) is 12.7. The number of hydrogen-bond acceptors (Lipinski definition) is 6. The van der Waals surface area contributed by atoms with Gasteiger partial charge in [-0.05, 0) is 12.8 Å². The van der Waals surface area contributed by atoms with E-state index < -0.39 is 17.6 Å². The summed E-state index contributed by atoms with van der Waals surface area (Å²) in [5.41, 5.74) is 0. The second-order valence-corrected chi connectivity index (χ2v) is 15.6. The molecule has 0 spiro atoms. The summed E-state index contributed by atoms with van der Waals surface area (Å²) in [7, 11) is 5.49. The number of unbranched alkanes of at least 4 members (excludes halogenated alkanes) is 17. The Morgan fingerprint density at radius 3 is 0.559 bits per heavy atom. The van der Waals surface area contributed by atoms with Crippen LogP contribution in [-0.4, -0.2) is 60.3 Å². The van der Waals surface area contributed by atoms with Gasteiger partial charge < -0.3 is 26.6 Å². The van der Waals surface area contributed by atoms with E-state index in [1.54, 1.807) is 42.7 Å². The van der Waals surface area contributed by atoms with E-state index >= 15 is 0 Å². The first-order valence-electron chi connectivity index (χ1n) is 13.9. The first kappa shape index (κ1) is 34.2. The molecule has 0 aromatic carbocycles. The Morgan fingerprint density at radius 1 is 0.265 bits per heavy atom. The normalized spacial score (nSPS) is 12.5. The van der Waals surface area contributed by atoms with Crippen molar-refractivity contribution >= 4 is 17.6 Å². The van der Waals surface area contributed by atoms with Crippen molar-refractivity contribution in [1.82, 2.24) is 0 Å². The predicted molar refractivity (Wildman–Crippen MR) is 146 cm³/mol. The van der Waals surface area contributed by atoms with Gasteiger partial charge in [0.05, 0.1) is 0 Å². The molecule has 0 aromatic heterocycles. The lowest BCUT2D eigenvalue weighted by Gasteiger charge is -2.24. The summed E-state index contributed by atoms with van der Waals surface area (Å²) < 4.78 is 32.9. The van der Waals surface area contributed by atoms with Gasteiger partial charge in [-0.2, -0.15) is 0 Å². The molecule has 6 nitrogen and oxygen atoms in total. The third kappa shape index (κ3) is 16.8. The molecule has 206 valence electrons. The van der Waals surface area contributed by atoms with E-state index in [1.165, 1.54) is 103 Å². The van der Waals surface area contributed by atoms with E-state index in [-0.39, 0.29) is 0 Å². The lowest BCUT2D eigenvalue weighted by molar-refractivity contribution is 0.122. The van der Waals surface area contributed by atoms with Crippen LogP contribution in [0.25, 0.3) is 0 Å². The highest BCUT2D eigenvalue weighted by molar-refractivity contribution is 6.60. The van der Waals surface area contributed by atoms with Crippen LogP contribution < -0.4 is 0 Å². The van der Waals surface area contributed by atoms with Crippen molar-refractivity contribution in [2.45, 2.75) is 128 Å². The van der Waals surface area contributed by atoms with Crippen LogP contribution in [0.5, 0.6) is 0 Å². The molecule has 0 radical (unpaired) electrons. The van der Waals surface area contributed by atoms with Crippen LogP contribution in [-0.2, 0) is 26.6 Å². The Bertz CT molecular complexity index is 366. The lowest BCUT2D eigenvalue weighted by Crippen LogP contribution is -2.42. The summed E-state index contributed by atoms with van der Waals surface area (Å²) in [5.74, 6) is 0. The van der Waals surface area contributed by atoms with Gasteiger partial charge in [0.25, 0.3) is 0 Å². The minimum absolute atomic E-state index is 0.928. The average Bonchev–Trinajstić information content (AvgIpc) is 2.88. The molecule has 34 heavy (non-hydrogen) atoms. The highest BCUT2D eigenvalue weighted by Gasteiger charge is 2.37. The van der Waals surface area contributed by atoms with Gasteiger partial charge in [0.1, 0.15) is 0 Å². The van der Waals surface area contributed by atoms with Crippen molar-refractivity contribution < 1.29 is 26.6 Å². The molecule has 0 unspecified atom stereocenters. The van der Waals surface area contributed by atoms with Crippen LogP contribution in [0.2, 0.25) is 12.1 Å². The van der Waals surface area contributed by atoms with Crippen molar-refractivity contribution in [3.05, 3.63) is 0 Å². The van der Waals surface area contributed by atoms with Crippen molar-refractivity contribution in [3.63, 3.8) is 0 Å². The van der Waals surface area contributed by atoms with Crippen LogP contribution in [0.3, 0.4) is 0 Å². The second kappa shape index (κ2) is 23.6. The molecule has 0 saturated carbocycles. The fourth-order valence-corrected chi connectivity index (χ4v) is 8.21. The quantitative estimate of drug-likeness (QED) is 0.0811. The topological polar surface area (TPSA) is 55.4 Å². The molecule has 0 amide bonds. The lowest BCUT2D eigenvalue weighted by atomic mass is 10.0. The van der Waals surface area contributed by atoms with Crippen molar-refractivity contribution in [2.24, 2.45) is 0 Å². The molecular formula is C26H58O6Si2. The standard InChI is InChI=1S/C26H58O6Si2/c1-27-33(28-2,29-3)25-23-21-19-17-15-13-11-9-7-8-10-12-14-16-18-20-22-24-26-34(30-4,31-5)32-6/h7-26H2,1-6H3. The highest BCUT2D eigenvalue weighted by Crippen LogP contribution is 2.20. The smallest absolute Gasteiger partial charge is 0.377 e. The molecule has 0 aliphatic heterocycles. The molecule has 0 rings (SSSR count). The Kier molecular flexibility index (Phi) is 23.7. The third-order valence-electron chi connectivity index (χ3n) is 7.08. The summed E-state index contributed by atoms with van der Waals surface area (Å²) in [6.07, 6.45) is 24.2. The summed E-state index contributed by atoms with van der Waals surface area (Å²) in [6, 6.07) is 1.86. The first-order valence-corrected chi connectivity index (χ1v) is 17.7. The van der Waals surface area contributed by atoms with Crippen LogP contribution in [0.15, 0.2) is 0 Å². The zero-order chi connectivity index (χ0) is 25.4. The largest absolute Gasteiger partial charge is 0.500 e. The van der Waals surface area contributed by atoms with Gasteiger partial charge in [-0.1, -0.05) is 103 Å². The van der Waals surface area contributed by atoms with Crippen LogP contribution in [0.1, 0.15) is 116 Å². The van der Waals surface area contributed by atoms with Gasteiger partial charge in [-0.15, -0.1) is 0 Å². The summed E-state index contributed by atoms with van der Waals surface area (Å²) in [6.45, 7) is 0. The first-order chi connectivity index (χ1) is 16.6. The zero-order valence-electron chi connectivity index (χ0n) is 23.6. The maximum atomic E-state index is 5.48. The maximum absolute atomic E-state index is 5.48. The van der Waals surface area contributed by atoms with E-state index in [9.17, 15) is 0 Å². The SMILES string of the molecule is CO[Si](CCCCCCCCCCCCCCCCCCCC[Si](OC)(OC)OC)(OC)OC. The van der Waals surface area contributed by atoms with Gasteiger partial charge in [0, 0.05) is 54.7 Å². The fraction of sp³-hybridized carbons (Fsp3) is 1.00. The Morgan fingerprint density at radius 2 is 0.412 bits per heavy atom. The molecule has 0 aliphatic rings. The van der Waals surface area contributed by atoms with E-state index in [2.05, 4.69) is 0 Å². The van der Waals surface area contributed by atoms with Crippen LogP contribution in [0.4, 0.5) is 0 Å². The minimum atomic E-state index is -2.35. The number of hydrogen-bond donors (Lipinski definition) is 0. The van der Waals surface area contributed by atoms with Crippen molar-refractivity contribution in [3.8, 4) is 0 Å². The van der Waals surface area contributed by atoms with Crippen molar-refractivity contribution in [2.75, 3.05) is 42.7 Å². The van der Waals surface area contributed by atoms with E-state index in [0.29, 0.717) is 0 Å². The van der Waals surface area contributed by atoms with Gasteiger partial charge >= 0.3 is 17.6 Å². The zero-order valence-corrected chi connectivity index (χ0v) is 25.6. The van der Waals surface area contributed by atoms with Gasteiger partial charge in [-0.3, -0.25) is 0 Å². The maximum Gasteiger partial charge on any atom is 0.500 e. The molecule has 0 N–H and O–H groups in total. The molecule has 0 saturated heterocycles. The molecule has 0 atom stereocenters. The Labute approximate surface area is 214 Å². The predicted octanol–water partition coefficient (Wildman–Crippen LogP) is 7.76.